The van der Waals surface area contributed by atoms with Crippen LogP contribution < -0.4 is 10.6 Å². The van der Waals surface area contributed by atoms with Crippen molar-refractivity contribution >= 4 is 28.9 Å². The summed E-state index contributed by atoms with van der Waals surface area (Å²) >= 11 is 5.82. The molecule has 4 heteroatoms. The Morgan fingerprint density at radius 2 is 2.00 bits per heavy atom. The summed E-state index contributed by atoms with van der Waals surface area (Å²) in [6.07, 6.45) is 0.713. The van der Waals surface area contributed by atoms with Gasteiger partial charge >= 0.3 is 0 Å². The highest BCUT2D eigenvalue weighted by atomic mass is 35.5. The number of carbonyl (C=O) groups is 1. The molecular formula is C10H11ClN2O. The predicted octanol–water partition coefficient (Wildman–Crippen LogP) is 1.61. The molecule has 1 saturated heterocycles. The molecule has 1 amide bonds. The number of hydrogen-bond acceptors (Lipinski definition) is 2. The highest BCUT2D eigenvalue weighted by Gasteiger charge is 2.30. The molecule has 1 aliphatic rings. The lowest BCUT2D eigenvalue weighted by Gasteiger charge is -2.15. The second-order valence-electron chi connectivity index (χ2n) is 3.34. The van der Waals surface area contributed by atoms with Crippen LogP contribution in [-0.2, 0) is 4.79 Å². The van der Waals surface area contributed by atoms with Crippen molar-refractivity contribution in [1.29, 1.82) is 0 Å². The monoisotopic (exact) mass is 210 g/mol. The van der Waals surface area contributed by atoms with Crippen molar-refractivity contribution < 1.29 is 4.79 Å². The molecule has 0 unspecified atom stereocenters. The van der Waals surface area contributed by atoms with Gasteiger partial charge < -0.3 is 10.6 Å². The van der Waals surface area contributed by atoms with E-state index in [-0.39, 0.29) is 11.3 Å². The van der Waals surface area contributed by atoms with Crippen LogP contribution in [-0.4, -0.2) is 17.8 Å². The van der Waals surface area contributed by atoms with E-state index in [0.29, 0.717) is 18.7 Å². The number of anilines is 2. The number of nitrogens with two attached hydrogens (primary N) is 1. The quantitative estimate of drug-likeness (QED) is 0.566. The van der Waals surface area contributed by atoms with E-state index < -0.39 is 0 Å². The molecule has 2 rings (SSSR count). The Labute approximate surface area is 87.4 Å². The zero-order chi connectivity index (χ0) is 10.1. The fraction of sp³-hybridized carbons (Fsp3) is 0.300. The van der Waals surface area contributed by atoms with Crippen molar-refractivity contribution in [3.63, 3.8) is 0 Å². The molecule has 0 spiro atoms. The molecule has 1 aromatic rings. The third-order valence-electron chi connectivity index (χ3n) is 2.34. The number of hydrogen-bond donors (Lipinski definition) is 1. The van der Waals surface area contributed by atoms with E-state index in [9.17, 15) is 4.79 Å². The fourth-order valence-electron chi connectivity index (χ4n) is 1.56. The number of benzene rings is 1. The summed E-state index contributed by atoms with van der Waals surface area (Å²) in [7, 11) is 0. The summed E-state index contributed by atoms with van der Waals surface area (Å²) in [5.74, 6) is -0.0172. The maximum Gasteiger partial charge on any atom is 0.245 e. The van der Waals surface area contributed by atoms with Crippen LogP contribution >= 0.6 is 11.6 Å². The second-order valence-corrected chi connectivity index (χ2v) is 3.86. The van der Waals surface area contributed by atoms with Crippen LogP contribution in [0, 0.1) is 0 Å². The van der Waals surface area contributed by atoms with Gasteiger partial charge in [0.2, 0.25) is 5.91 Å². The van der Waals surface area contributed by atoms with E-state index in [2.05, 4.69) is 0 Å². The molecule has 1 aromatic carbocycles. The van der Waals surface area contributed by atoms with Crippen LogP contribution in [0.5, 0.6) is 0 Å². The van der Waals surface area contributed by atoms with E-state index in [4.69, 9.17) is 17.3 Å². The van der Waals surface area contributed by atoms with E-state index in [0.717, 1.165) is 5.69 Å². The zero-order valence-corrected chi connectivity index (χ0v) is 8.37. The first-order valence-electron chi connectivity index (χ1n) is 4.49. The summed E-state index contributed by atoms with van der Waals surface area (Å²) in [6, 6.07) is 7.23. The van der Waals surface area contributed by atoms with E-state index in [1.807, 2.05) is 12.1 Å². The van der Waals surface area contributed by atoms with Gasteiger partial charge in [0.05, 0.1) is 0 Å². The summed E-state index contributed by atoms with van der Waals surface area (Å²) in [6.45, 7) is 0.691. The van der Waals surface area contributed by atoms with Crippen molar-refractivity contribution in [2.24, 2.45) is 0 Å². The molecule has 1 aliphatic heterocycles. The van der Waals surface area contributed by atoms with Gasteiger partial charge in [-0.15, -0.1) is 11.6 Å². The molecule has 74 valence electrons. The average molecular weight is 211 g/mol. The topological polar surface area (TPSA) is 46.3 Å². The minimum absolute atomic E-state index is 0.0172. The molecule has 1 heterocycles. The largest absolute Gasteiger partial charge is 0.399 e. The average Bonchev–Trinajstić information content (AvgIpc) is 2.50. The number of halogens is 1. The van der Waals surface area contributed by atoms with Crippen LogP contribution in [0.3, 0.4) is 0 Å². The number of alkyl halides is 1. The minimum atomic E-state index is -0.368. The summed E-state index contributed by atoms with van der Waals surface area (Å²) in [5.41, 5.74) is 7.12. The molecule has 2 N–H and O–H groups in total. The SMILES string of the molecule is Nc1ccc(N2CC[C@@H](Cl)C2=O)cc1. The Hall–Kier alpha value is -1.22. The van der Waals surface area contributed by atoms with Crippen molar-refractivity contribution in [2.45, 2.75) is 11.8 Å². The van der Waals surface area contributed by atoms with E-state index >= 15 is 0 Å². The third kappa shape index (κ3) is 1.55. The third-order valence-corrected chi connectivity index (χ3v) is 2.75. The molecule has 0 radical (unpaired) electrons. The maximum atomic E-state index is 11.6. The lowest BCUT2D eigenvalue weighted by atomic mass is 10.2. The van der Waals surface area contributed by atoms with Gasteiger partial charge in [-0.05, 0) is 30.7 Å². The standard InChI is InChI=1S/C10H11ClN2O/c11-9-5-6-13(10(9)14)8-3-1-7(12)2-4-8/h1-4,9H,5-6,12H2/t9-/m1/s1. The van der Waals surface area contributed by atoms with E-state index in [1.54, 1.807) is 17.0 Å². The Morgan fingerprint density at radius 1 is 1.36 bits per heavy atom. The highest BCUT2D eigenvalue weighted by Crippen LogP contribution is 2.24. The first-order chi connectivity index (χ1) is 6.68. The lowest BCUT2D eigenvalue weighted by molar-refractivity contribution is -0.116. The number of carbonyl (C=O) groups excluding carboxylic acids is 1. The molecule has 3 nitrogen and oxygen atoms in total. The second kappa shape index (κ2) is 3.50. The molecule has 1 atom stereocenters. The van der Waals surface area contributed by atoms with Gasteiger partial charge in [0.15, 0.2) is 0 Å². The molecule has 0 saturated carbocycles. The number of nitrogen functional groups attached to an aromatic ring is 1. The van der Waals surface area contributed by atoms with Crippen molar-refractivity contribution in [3.8, 4) is 0 Å². The van der Waals surface area contributed by atoms with Crippen molar-refractivity contribution in [3.05, 3.63) is 24.3 Å². The van der Waals surface area contributed by atoms with Gasteiger partial charge in [-0.1, -0.05) is 0 Å². The fourth-order valence-corrected chi connectivity index (χ4v) is 1.77. The Bertz CT molecular complexity index is 350. The Balaban J connectivity index is 2.24. The van der Waals surface area contributed by atoms with Crippen LogP contribution in [0.15, 0.2) is 24.3 Å². The van der Waals surface area contributed by atoms with Gasteiger partial charge in [-0.2, -0.15) is 0 Å². The molecule has 0 aromatic heterocycles. The molecular weight excluding hydrogens is 200 g/mol. The first kappa shape index (κ1) is 9.34. The number of amides is 1. The normalized spacial score (nSPS) is 21.6. The summed E-state index contributed by atoms with van der Waals surface area (Å²) in [4.78, 5) is 13.2. The smallest absolute Gasteiger partial charge is 0.245 e. The highest BCUT2D eigenvalue weighted by molar-refractivity contribution is 6.33. The van der Waals surface area contributed by atoms with Crippen LogP contribution in [0.25, 0.3) is 0 Å². The van der Waals surface area contributed by atoms with Gasteiger partial charge in [0, 0.05) is 17.9 Å². The van der Waals surface area contributed by atoms with Crippen LogP contribution in [0.4, 0.5) is 11.4 Å². The minimum Gasteiger partial charge on any atom is -0.399 e. The maximum absolute atomic E-state index is 11.6. The van der Waals surface area contributed by atoms with Crippen molar-refractivity contribution in [1.82, 2.24) is 0 Å². The predicted molar refractivity (Wildman–Crippen MR) is 57.5 cm³/mol. The van der Waals surface area contributed by atoms with Crippen LogP contribution in [0.2, 0.25) is 0 Å². The van der Waals surface area contributed by atoms with Gasteiger partial charge in [0.1, 0.15) is 5.38 Å². The number of rotatable bonds is 1. The zero-order valence-electron chi connectivity index (χ0n) is 7.61. The summed E-state index contributed by atoms with van der Waals surface area (Å²) in [5, 5.41) is -0.368. The van der Waals surface area contributed by atoms with Crippen molar-refractivity contribution in [2.75, 3.05) is 17.2 Å². The molecule has 1 fully saturated rings. The Kier molecular flexibility index (Phi) is 2.33. The van der Waals surface area contributed by atoms with Crippen LogP contribution in [0.1, 0.15) is 6.42 Å². The number of nitrogens with zero attached hydrogens (tertiary/aromatic N) is 1. The molecule has 0 bridgehead atoms. The van der Waals surface area contributed by atoms with Gasteiger partial charge in [-0.25, -0.2) is 0 Å². The van der Waals surface area contributed by atoms with E-state index in [1.165, 1.54) is 0 Å². The lowest BCUT2D eigenvalue weighted by Crippen LogP contribution is -2.27. The molecule has 14 heavy (non-hydrogen) atoms. The summed E-state index contributed by atoms with van der Waals surface area (Å²) < 4.78 is 0. The van der Waals surface area contributed by atoms with Gasteiger partial charge in [-0.3, -0.25) is 4.79 Å². The Morgan fingerprint density at radius 3 is 2.50 bits per heavy atom. The first-order valence-corrected chi connectivity index (χ1v) is 4.93. The van der Waals surface area contributed by atoms with Gasteiger partial charge in [0.25, 0.3) is 0 Å². The molecule has 0 aliphatic carbocycles.